The van der Waals surface area contributed by atoms with E-state index in [9.17, 15) is 9.18 Å². The molecule has 0 amide bonds. The van der Waals surface area contributed by atoms with Crippen molar-refractivity contribution >= 4 is 17.3 Å². The summed E-state index contributed by atoms with van der Waals surface area (Å²) in [4.78, 5) is 14.8. The van der Waals surface area contributed by atoms with Gasteiger partial charge in [-0.2, -0.15) is 0 Å². The minimum absolute atomic E-state index is 0.332. The first-order valence-electron chi connectivity index (χ1n) is 4.87. The van der Waals surface area contributed by atoms with Crippen LogP contribution in [0.25, 0.3) is 11.0 Å². The number of fused-ring (bicyclic) bond motifs is 1. The Morgan fingerprint density at radius 1 is 1.53 bits per heavy atom. The normalized spacial score (nSPS) is 10.8. The first-order valence-corrected chi connectivity index (χ1v) is 4.87. The van der Waals surface area contributed by atoms with Gasteiger partial charge in [0.05, 0.1) is 11.0 Å². The summed E-state index contributed by atoms with van der Waals surface area (Å²) in [7, 11) is 0. The summed E-state index contributed by atoms with van der Waals surface area (Å²) in [6.07, 6.45) is 1.61. The van der Waals surface area contributed by atoms with E-state index in [2.05, 4.69) is 4.98 Å². The second-order valence-electron chi connectivity index (χ2n) is 3.37. The molecule has 0 fully saturated rings. The second kappa shape index (κ2) is 3.81. The predicted octanol–water partition coefficient (Wildman–Crippen LogP) is 2.40. The number of aryl methyl sites for hydroxylation is 1. The molecule has 0 atom stereocenters. The highest BCUT2D eigenvalue weighted by molar-refractivity contribution is 5.83. The van der Waals surface area contributed by atoms with E-state index in [1.807, 2.05) is 11.5 Å². The number of nitrogens with zero attached hydrogens (tertiary/aromatic N) is 2. The van der Waals surface area contributed by atoms with Crippen molar-refractivity contribution in [3.63, 3.8) is 0 Å². The van der Waals surface area contributed by atoms with Crippen molar-refractivity contribution in [2.75, 3.05) is 0 Å². The Hall–Kier alpha value is -1.71. The maximum Gasteiger partial charge on any atom is 0.185 e. The third kappa shape index (κ3) is 1.63. The molecule has 0 aliphatic carbocycles. The lowest BCUT2D eigenvalue weighted by Crippen LogP contribution is -2.01. The van der Waals surface area contributed by atoms with E-state index in [1.165, 1.54) is 12.1 Å². The molecule has 0 bridgehead atoms. The van der Waals surface area contributed by atoms with Crippen molar-refractivity contribution in [3.05, 3.63) is 29.8 Å². The summed E-state index contributed by atoms with van der Waals surface area (Å²) >= 11 is 0. The number of aldehydes is 1. The van der Waals surface area contributed by atoms with Crippen molar-refractivity contribution < 1.29 is 9.18 Å². The number of hydrogen-bond acceptors (Lipinski definition) is 2. The second-order valence-corrected chi connectivity index (χ2v) is 3.37. The van der Waals surface area contributed by atoms with Gasteiger partial charge in [0.15, 0.2) is 12.1 Å². The Balaban J connectivity index is 2.68. The number of halogens is 1. The van der Waals surface area contributed by atoms with E-state index < -0.39 is 0 Å². The van der Waals surface area contributed by atoms with Gasteiger partial charge in [-0.15, -0.1) is 0 Å². The smallest absolute Gasteiger partial charge is 0.185 e. The molecule has 0 aliphatic rings. The Labute approximate surface area is 86.5 Å². The van der Waals surface area contributed by atoms with Crippen LogP contribution in [-0.4, -0.2) is 15.8 Å². The minimum atomic E-state index is -0.332. The van der Waals surface area contributed by atoms with Crippen LogP contribution in [0.4, 0.5) is 4.39 Å². The standard InChI is InChI=1S/C11H11FN2O/c1-2-5-14-10-4-3-8(12)6-9(10)13-11(14)7-15/h3-4,6-7H,2,5H2,1H3. The molecule has 4 heteroatoms. The highest BCUT2D eigenvalue weighted by Gasteiger charge is 2.09. The molecule has 78 valence electrons. The fourth-order valence-electron chi connectivity index (χ4n) is 1.67. The van der Waals surface area contributed by atoms with Gasteiger partial charge in [0.25, 0.3) is 0 Å². The van der Waals surface area contributed by atoms with Crippen molar-refractivity contribution in [2.45, 2.75) is 19.9 Å². The van der Waals surface area contributed by atoms with Gasteiger partial charge >= 0.3 is 0 Å². The minimum Gasteiger partial charge on any atom is -0.322 e. The lowest BCUT2D eigenvalue weighted by Gasteiger charge is -2.02. The number of aromatic nitrogens is 2. The third-order valence-electron chi connectivity index (χ3n) is 2.29. The molecule has 0 spiro atoms. The lowest BCUT2D eigenvalue weighted by atomic mass is 10.3. The van der Waals surface area contributed by atoms with Crippen LogP contribution in [0.1, 0.15) is 24.0 Å². The van der Waals surface area contributed by atoms with Crippen LogP contribution in [-0.2, 0) is 6.54 Å². The maximum absolute atomic E-state index is 12.9. The quantitative estimate of drug-likeness (QED) is 0.723. The molecule has 0 N–H and O–H groups in total. The molecule has 3 nitrogen and oxygen atoms in total. The average molecular weight is 206 g/mol. The zero-order chi connectivity index (χ0) is 10.8. The van der Waals surface area contributed by atoms with Crippen molar-refractivity contribution in [1.29, 1.82) is 0 Å². The molecule has 0 unspecified atom stereocenters. The summed E-state index contributed by atoms with van der Waals surface area (Å²) in [5, 5.41) is 0. The highest BCUT2D eigenvalue weighted by atomic mass is 19.1. The molecule has 1 aromatic carbocycles. The van der Waals surface area contributed by atoms with Crippen LogP contribution >= 0.6 is 0 Å². The number of benzene rings is 1. The van der Waals surface area contributed by atoms with Gasteiger partial charge in [-0.25, -0.2) is 9.37 Å². The van der Waals surface area contributed by atoms with Crippen LogP contribution in [0, 0.1) is 5.82 Å². The van der Waals surface area contributed by atoms with Gasteiger partial charge in [-0.3, -0.25) is 4.79 Å². The molecule has 2 rings (SSSR count). The van der Waals surface area contributed by atoms with Gasteiger partial charge in [0.1, 0.15) is 5.82 Å². The molecule has 0 saturated carbocycles. The summed E-state index contributed by atoms with van der Waals surface area (Å²) in [6.45, 7) is 2.74. The van der Waals surface area contributed by atoms with Crippen molar-refractivity contribution in [2.24, 2.45) is 0 Å². The van der Waals surface area contributed by atoms with E-state index in [-0.39, 0.29) is 5.82 Å². The number of hydrogen-bond donors (Lipinski definition) is 0. The lowest BCUT2D eigenvalue weighted by molar-refractivity contribution is 0.111. The molecule has 1 aromatic heterocycles. The van der Waals surface area contributed by atoms with Crippen molar-refractivity contribution in [1.82, 2.24) is 9.55 Å². The molecule has 2 aromatic rings. The van der Waals surface area contributed by atoms with Gasteiger partial charge in [0.2, 0.25) is 0 Å². The molecule has 0 aliphatic heterocycles. The number of rotatable bonds is 3. The number of carbonyl (C=O) groups is 1. The summed E-state index contributed by atoms with van der Waals surface area (Å²) in [5.74, 6) is 0.0264. The van der Waals surface area contributed by atoms with Gasteiger partial charge in [-0.05, 0) is 18.6 Å². The fraction of sp³-hybridized carbons (Fsp3) is 0.273. The van der Waals surface area contributed by atoms with E-state index in [0.717, 1.165) is 18.5 Å². The Morgan fingerprint density at radius 2 is 2.33 bits per heavy atom. The topological polar surface area (TPSA) is 34.9 Å². The van der Waals surface area contributed by atoms with Gasteiger partial charge in [-0.1, -0.05) is 6.92 Å². The predicted molar refractivity (Wildman–Crippen MR) is 55.4 cm³/mol. The maximum atomic E-state index is 12.9. The first-order chi connectivity index (χ1) is 7.26. The summed E-state index contributed by atoms with van der Waals surface area (Å²) in [6, 6.07) is 4.37. The van der Waals surface area contributed by atoms with E-state index in [4.69, 9.17) is 0 Å². The Morgan fingerprint density at radius 3 is 3.00 bits per heavy atom. The Kier molecular flexibility index (Phi) is 2.49. The van der Waals surface area contributed by atoms with Gasteiger partial charge < -0.3 is 4.57 Å². The van der Waals surface area contributed by atoms with E-state index in [0.29, 0.717) is 17.6 Å². The zero-order valence-electron chi connectivity index (χ0n) is 8.40. The summed E-state index contributed by atoms with van der Waals surface area (Å²) < 4.78 is 14.7. The van der Waals surface area contributed by atoms with Crippen LogP contribution in [0.3, 0.4) is 0 Å². The molecule has 0 radical (unpaired) electrons. The fourth-order valence-corrected chi connectivity index (χ4v) is 1.67. The largest absolute Gasteiger partial charge is 0.322 e. The van der Waals surface area contributed by atoms with Crippen molar-refractivity contribution in [3.8, 4) is 0 Å². The van der Waals surface area contributed by atoms with Crippen LogP contribution in [0.2, 0.25) is 0 Å². The van der Waals surface area contributed by atoms with Gasteiger partial charge in [0, 0.05) is 12.6 Å². The van der Waals surface area contributed by atoms with Crippen LogP contribution in [0.5, 0.6) is 0 Å². The number of carbonyl (C=O) groups excluding carboxylic acids is 1. The van der Waals surface area contributed by atoms with E-state index >= 15 is 0 Å². The molecule has 15 heavy (non-hydrogen) atoms. The molecular weight excluding hydrogens is 195 g/mol. The SMILES string of the molecule is CCCn1c(C=O)nc2cc(F)ccc21. The Bertz CT molecular complexity index is 505. The third-order valence-corrected chi connectivity index (χ3v) is 2.29. The van der Waals surface area contributed by atoms with Crippen LogP contribution < -0.4 is 0 Å². The first kappa shape index (κ1) is 9.83. The average Bonchev–Trinajstić information content (AvgIpc) is 2.56. The zero-order valence-corrected chi connectivity index (χ0v) is 8.40. The molecular formula is C11H11FN2O. The molecule has 1 heterocycles. The monoisotopic (exact) mass is 206 g/mol. The molecule has 0 saturated heterocycles. The van der Waals surface area contributed by atoms with Crippen LogP contribution in [0.15, 0.2) is 18.2 Å². The highest BCUT2D eigenvalue weighted by Crippen LogP contribution is 2.17. The van der Waals surface area contributed by atoms with E-state index in [1.54, 1.807) is 6.07 Å². The summed E-state index contributed by atoms with van der Waals surface area (Å²) in [5.41, 5.74) is 1.34. The number of imidazole rings is 1.